The first-order chi connectivity index (χ1) is 29.5. The molecule has 0 amide bonds. The van der Waals surface area contributed by atoms with Gasteiger partial charge in [-0.25, -0.2) is 9.59 Å². The monoisotopic (exact) mass is 902 g/mol. The SMILES string of the molecule is O=C(O)c1cc(O)c2c(c1)[C@H]([C@H]1c3cc(C(=O)O)cc(O)c3C(=O)c3c(O[C@@H]4O[C@H](CO)[C@@H](O)[C@H](O)[C@H]4O)cccc31)c1cccc(O[C@@H]3O[C@H](CO)[C@@H](O)[C@H](O)[C@H]3O)c1C2=O.[Ca]. The molecule has 328 valence electrons. The van der Waals surface area contributed by atoms with Crippen LogP contribution in [-0.4, -0.2) is 197 Å². The van der Waals surface area contributed by atoms with Crippen molar-refractivity contribution in [1.29, 1.82) is 0 Å². The van der Waals surface area contributed by atoms with E-state index in [1.54, 1.807) is 0 Å². The number of aliphatic hydroxyl groups excluding tert-OH is 8. The summed E-state index contributed by atoms with van der Waals surface area (Å²) in [7, 11) is 0. The van der Waals surface area contributed by atoms with Crippen molar-refractivity contribution in [2.24, 2.45) is 0 Å². The molecule has 21 heteroatoms. The molecule has 2 fully saturated rings. The van der Waals surface area contributed by atoms with Crippen LogP contribution >= 0.6 is 0 Å². The Kier molecular flexibility index (Phi) is 13.0. The molecular weight excluding hydrogens is 865 g/mol. The number of phenols is 2. The molecule has 4 aliphatic rings. The molecule has 20 nitrogen and oxygen atoms in total. The molecular formula is C42H38CaO20. The van der Waals surface area contributed by atoms with E-state index in [2.05, 4.69) is 0 Å². The Morgan fingerprint density at radius 1 is 0.524 bits per heavy atom. The van der Waals surface area contributed by atoms with E-state index in [-0.39, 0.29) is 82.6 Å². The summed E-state index contributed by atoms with van der Waals surface area (Å²) >= 11 is 0. The van der Waals surface area contributed by atoms with Gasteiger partial charge in [0.25, 0.3) is 0 Å². The van der Waals surface area contributed by atoms with E-state index in [1.165, 1.54) is 36.4 Å². The van der Waals surface area contributed by atoms with Crippen LogP contribution in [0.15, 0.2) is 60.7 Å². The zero-order chi connectivity index (χ0) is 44.6. The minimum atomic E-state index is -1.94. The van der Waals surface area contributed by atoms with Gasteiger partial charge < -0.3 is 80.2 Å². The summed E-state index contributed by atoms with van der Waals surface area (Å²) < 4.78 is 23.0. The van der Waals surface area contributed by atoms with E-state index < -0.39 is 144 Å². The summed E-state index contributed by atoms with van der Waals surface area (Å²) in [5.74, 6) is -10.1. The summed E-state index contributed by atoms with van der Waals surface area (Å²) in [6, 6.07) is 11.9. The van der Waals surface area contributed by atoms with Crippen LogP contribution in [0, 0.1) is 0 Å². The van der Waals surface area contributed by atoms with Gasteiger partial charge in [-0.05, 0) is 58.7 Å². The van der Waals surface area contributed by atoms with Gasteiger partial charge in [0.05, 0.1) is 46.6 Å². The molecule has 63 heavy (non-hydrogen) atoms. The zero-order valence-electron chi connectivity index (χ0n) is 32.5. The fourth-order valence-corrected chi connectivity index (χ4v) is 8.71. The number of carboxylic acid groups (broad SMARTS) is 2. The number of fused-ring (bicyclic) bond motifs is 4. The van der Waals surface area contributed by atoms with E-state index in [4.69, 9.17) is 18.9 Å². The Morgan fingerprint density at radius 2 is 0.889 bits per heavy atom. The second-order valence-corrected chi connectivity index (χ2v) is 15.2. The van der Waals surface area contributed by atoms with Gasteiger partial charge in [0.2, 0.25) is 24.1 Å². The fraction of sp³-hybridized carbons (Fsp3) is 0.333. The van der Waals surface area contributed by atoms with Crippen molar-refractivity contribution in [2.75, 3.05) is 13.2 Å². The number of aliphatic hydroxyl groups is 8. The van der Waals surface area contributed by atoms with Crippen molar-refractivity contribution >= 4 is 61.2 Å². The fourth-order valence-electron chi connectivity index (χ4n) is 8.71. The van der Waals surface area contributed by atoms with Crippen LogP contribution in [0.1, 0.15) is 86.6 Å². The van der Waals surface area contributed by atoms with E-state index in [0.29, 0.717) is 0 Å². The van der Waals surface area contributed by atoms with Crippen molar-refractivity contribution in [3.05, 3.63) is 116 Å². The number of rotatable bonds is 9. The molecule has 4 aromatic rings. The summed E-state index contributed by atoms with van der Waals surface area (Å²) in [6.45, 7) is -1.64. The van der Waals surface area contributed by atoms with Crippen molar-refractivity contribution in [3.8, 4) is 23.0 Å². The number of carbonyl (C=O) groups excluding carboxylic acids is 2. The van der Waals surface area contributed by atoms with E-state index in [9.17, 15) is 80.5 Å². The summed E-state index contributed by atoms with van der Waals surface area (Å²) in [5, 5.41) is 126. The molecule has 12 N–H and O–H groups in total. The second kappa shape index (κ2) is 17.7. The van der Waals surface area contributed by atoms with Gasteiger partial charge in [-0.1, -0.05) is 24.3 Å². The number of carbonyl (C=O) groups is 4. The van der Waals surface area contributed by atoms with Crippen LogP contribution in [0.5, 0.6) is 23.0 Å². The van der Waals surface area contributed by atoms with Crippen LogP contribution < -0.4 is 9.47 Å². The Bertz CT molecular complexity index is 2330. The average molecular weight is 903 g/mol. The number of hydrogen-bond donors (Lipinski definition) is 12. The van der Waals surface area contributed by atoms with Crippen molar-refractivity contribution in [1.82, 2.24) is 0 Å². The first-order valence-electron chi connectivity index (χ1n) is 19.0. The minimum absolute atomic E-state index is 0. The van der Waals surface area contributed by atoms with Gasteiger partial charge in [0, 0.05) is 49.6 Å². The molecule has 0 bridgehead atoms. The first kappa shape index (κ1) is 46.2. The molecule has 0 saturated carbocycles. The topological polar surface area (TPSA) is 348 Å². The smallest absolute Gasteiger partial charge is 0.335 e. The number of ketones is 2. The Labute approximate surface area is 384 Å². The normalized spacial score (nSPS) is 29.6. The molecule has 2 aliphatic carbocycles. The van der Waals surface area contributed by atoms with E-state index >= 15 is 0 Å². The molecule has 2 aliphatic heterocycles. The molecule has 0 spiro atoms. The molecule has 0 unspecified atom stereocenters. The zero-order valence-corrected chi connectivity index (χ0v) is 34.7. The van der Waals surface area contributed by atoms with Crippen LogP contribution in [0.4, 0.5) is 0 Å². The van der Waals surface area contributed by atoms with Gasteiger partial charge in [-0.3, -0.25) is 9.59 Å². The molecule has 0 aromatic heterocycles. The minimum Gasteiger partial charge on any atom is -0.507 e. The van der Waals surface area contributed by atoms with Gasteiger partial charge in [-0.2, -0.15) is 0 Å². The van der Waals surface area contributed by atoms with Gasteiger partial charge >= 0.3 is 11.9 Å². The second-order valence-electron chi connectivity index (χ2n) is 15.2. The predicted molar refractivity (Wildman–Crippen MR) is 208 cm³/mol. The standard InChI is InChI=1S/C42H38O20.Ca/c43-11-23-31(47)35(51)37(53)41(61-23)59-21-5-1-3-15-25(17-7-13(39(55)56)9-19(45)27(17)33(49)29(15)21)26-16-4-2-6-22(60-42-38(54)36(52)32(48)24(12-44)62-42)30(16)34(50)28-18(26)8-14(40(57)58)10-20(28)46;/h1-10,23-26,31-32,35-38,41-48,51-54H,11-12H2,(H,55,56)(H,57,58);/t23-,24-,25-,26-,31-,32-,35+,36+,37-,38-,41-,42-;/m1./s1. The van der Waals surface area contributed by atoms with Gasteiger partial charge in [0.1, 0.15) is 71.8 Å². The maximum atomic E-state index is 14.7. The van der Waals surface area contributed by atoms with Crippen LogP contribution in [0.25, 0.3) is 0 Å². The Balaban J connectivity index is 0.00000595. The third-order valence-corrected chi connectivity index (χ3v) is 11.7. The number of aromatic carboxylic acids is 2. The summed E-state index contributed by atoms with van der Waals surface area (Å²) in [5.41, 5.74) is -2.87. The molecule has 2 radical (unpaired) electrons. The largest absolute Gasteiger partial charge is 0.507 e. The Morgan fingerprint density at radius 3 is 1.22 bits per heavy atom. The average Bonchev–Trinajstić information content (AvgIpc) is 3.24. The van der Waals surface area contributed by atoms with Crippen LogP contribution in [0.2, 0.25) is 0 Å². The third-order valence-electron chi connectivity index (χ3n) is 11.7. The maximum Gasteiger partial charge on any atom is 0.335 e. The molecule has 8 rings (SSSR count). The van der Waals surface area contributed by atoms with E-state index in [1.807, 2.05) is 0 Å². The number of ether oxygens (including phenoxy) is 4. The Hall–Kier alpha value is -4.78. The molecule has 12 atom stereocenters. The maximum absolute atomic E-state index is 14.7. The van der Waals surface area contributed by atoms with Crippen molar-refractivity contribution in [2.45, 2.75) is 73.2 Å². The number of benzene rings is 4. The quantitative estimate of drug-likeness (QED) is 0.0853. The molecule has 2 saturated heterocycles. The summed E-state index contributed by atoms with van der Waals surface area (Å²) in [6.07, 6.45) is -17.7. The van der Waals surface area contributed by atoms with Crippen LogP contribution in [0.3, 0.4) is 0 Å². The molecule has 4 aromatic carbocycles. The number of hydrogen-bond acceptors (Lipinski definition) is 18. The number of phenolic OH excluding ortho intramolecular Hbond substituents is 2. The molecule has 2 heterocycles. The van der Waals surface area contributed by atoms with Crippen molar-refractivity contribution < 1.29 is 99.4 Å². The van der Waals surface area contributed by atoms with Crippen LogP contribution in [-0.2, 0) is 9.47 Å². The number of aromatic hydroxyl groups is 2. The van der Waals surface area contributed by atoms with Crippen molar-refractivity contribution in [3.63, 3.8) is 0 Å². The van der Waals surface area contributed by atoms with E-state index in [0.717, 1.165) is 24.3 Å². The third kappa shape index (κ3) is 7.63. The predicted octanol–water partition coefficient (Wildman–Crippen LogP) is -1.48. The summed E-state index contributed by atoms with van der Waals surface area (Å²) in [4.78, 5) is 54.2. The number of carboxylic acids is 2. The first-order valence-corrected chi connectivity index (χ1v) is 19.0. The van der Waals surface area contributed by atoms with Gasteiger partial charge in [0.15, 0.2) is 0 Å². The van der Waals surface area contributed by atoms with Gasteiger partial charge in [-0.15, -0.1) is 0 Å².